The molecule has 0 atom stereocenters. The topological polar surface area (TPSA) is 52.6 Å². The Balaban J connectivity index is 2.34. The first-order valence-electron chi connectivity index (χ1n) is 4.38. The molecule has 1 aliphatic carbocycles. The van der Waals surface area contributed by atoms with E-state index in [0.717, 1.165) is 19.1 Å². The van der Waals surface area contributed by atoms with Crippen molar-refractivity contribution in [2.24, 2.45) is 5.92 Å². The number of halogens is 1. The van der Waals surface area contributed by atoms with Gasteiger partial charge in [-0.15, -0.1) is 0 Å². The van der Waals surface area contributed by atoms with E-state index in [1.807, 2.05) is 0 Å². The van der Waals surface area contributed by atoms with Gasteiger partial charge in [-0.25, -0.2) is 4.79 Å². The third-order valence-corrected chi connectivity index (χ3v) is 2.17. The highest BCUT2D eigenvalue weighted by Crippen LogP contribution is 2.30. The lowest BCUT2D eigenvalue weighted by molar-refractivity contribution is -0.140. The minimum Gasteiger partial charge on any atom is -0.462 e. The molecule has 0 N–H and O–H groups in total. The number of ether oxygens (including phenoxy) is 2. The minimum atomic E-state index is -0.531. The maximum atomic E-state index is 11.1. The van der Waals surface area contributed by atoms with E-state index in [1.54, 1.807) is 6.92 Å². The number of carbonyl (C=O) groups excluding carboxylic acids is 2. The van der Waals surface area contributed by atoms with Crippen molar-refractivity contribution in [3.63, 3.8) is 0 Å². The maximum Gasteiger partial charge on any atom is 0.348 e. The summed E-state index contributed by atoms with van der Waals surface area (Å²) in [4.78, 5) is 22.1. The fourth-order valence-corrected chi connectivity index (χ4v) is 0.981. The Kier molecular flexibility index (Phi) is 4.13. The quantitative estimate of drug-likeness (QED) is 0.440. The SMILES string of the molecule is CCOC(=O)/C(Br)=C/OC(=O)C1CC1. The van der Waals surface area contributed by atoms with E-state index in [2.05, 4.69) is 20.7 Å². The molecule has 14 heavy (non-hydrogen) atoms. The van der Waals surface area contributed by atoms with Crippen molar-refractivity contribution >= 4 is 27.9 Å². The first-order chi connectivity index (χ1) is 6.65. The Labute approximate surface area is 90.4 Å². The van der Waals surface area contributed by atoms with Crippen LogP contribution in [-0.2, 0) is 19.1 Å². The van der Waals surface area contributed by atoms with Gasteiger partial charge in [0.1, 0.15) is 10.7 Å². The van der Waals surface area contributed by atoms with Crippen molar-refractivity contribution in [2.75, 3.05) is 6.61 Å². The number of hydrogen-bond donors (Lipinski definition) is 0. The largest absolute Gasteiger partial charge is 0.462 e. The van der Waals surface area contributed by atoms with Gasteiger partial charge in [0, 0.05) is 0 Å². The molecule has 1 fully saturated rings. The molecule has 1 aliphatic rings. The fraction of sp³-hybridized carbons (Fsp3) is 0.556. The van der Waals surface area contributed by atoms with Gasteiger partial charge in [-0.3, -0.25) is 4.79 Å². The number of rotatable bonds is 4. The lowest BCUT2D eigenvalue weighted by Gasteiger charge is -2.00. The predicted molar refractivity (Wildman–Crippen MR) is 52.5 cm³/mol. The molecule has 0 amide bonds. The molecule has 4 nitrogen and oxygen atoms in total. The molecule has 5 heteroatoms. The minimum absolute atomic E-state index is 0.0220. The Bertz CT molecular complexity index is 268. The first-order valence-corrected chi connectivity index (χ1v) is 5.17. The van der Waals surface area contributed by atoms with Gasteiger partial charge in [0.2, 0.25) is 0 Å². The van der Waals surface area contributed by atoms with E-state index < -0.39 is 5.97 Å². The molecule has 0 aromatic rings. The van der Waals surface area contributed by atoms with Crippen LogP contribution in [0.2, 0.25) is 0 Å². The monoisotopic (exact) mass is 262 g/mol. The molecule has 0 aliphatic heterocycles. The van der Waals surface area contributed by atoms with E-state index in [1.165, 1.54) is 0 Å². The van der Waals surface area contributed by atoms with Crippen LogP contribution in [0.25, 0.3) is 0 Å². The average Bonchev–Trinajstić information content (AvgIpc) is 2.97. The highest BCUT2D eigenvalue weighted by molar-refractivity contribution is 9.12. The molecular weight excluding hydrogens is 252 g/mol. The summed E-state index contributed by atoms with van der Waals surface area (Å²) >= 11 is 2.95. The second-order valence-corrected chi connectivity index (χ2v) is 3.75. The van der Waals surface area contributed by atoms with Gasteiger partial charge in [0.25, 0.3) is 0 Å². The fourth-order valence-electron chi connectivity index (χ4n) is 0.773. The Morgan fingerprint density at radius 3 is 2.64 bits per heavy atom. The molecule has 0 unspecified atom stereocenters. The van der Waals surface area contributed by atoms with Gasteiger partial charge in [0.15, 0.2) is 0 Å². The molecule has 0 aromatic carbocycles. The van der Waals surface area contributed by atoms with E-state index in [4.69, 9.17) is 4.74 Å². The molecule has 0 saturated heterocycles. The number of carbonyl (C=O) groups is 2. The second kappa shape index (κ2) is 5.14. The van der Waals surface area contributed by atoms with Gasteiger partial charge < -0.3 is 9.47 Å². The average molecular weight is 263 g/mol. The summed E-state index contributed by atoms with van der Waals surface area (Å²) in [6.07, 6.45) is 2.84. The smallest absolute Gasteiger partial charge is 0.348 e. The van der Waals surface area contributed by atoms with E-state index in [9.17, 15) is 9.59 Å². The molecule has 0 heterocycles. The van der Waals surface area contributed by atoms with E-state index in [-0.39, 0.29) is 16.4 Å². The molecule has 0 bridgehead atoms. The van der Waals surface area contributed by atoms with Crippen molar-refractivity contribution in [2.45, 2.75) is 19.8 Å². The Hall–Kier alpha value is -0.840. The van der Waals surface area contributed by atoms with Crippen LogP contribution >= 0.6 is 15.9 Å². The van der Waals surface area contributed by atoms with Crippen LogP contribution in [0.1, 0.15) is 19.8 Å². The Morgan fingerprint density at radius 2 is 2.14 bits per heavy atom. The lowest BCUT2D eigenvalue weighted by Crippen LogP contribution is -2.06. The van der Waals surface area contributed by atoms with Crippen LogP contribution < -0.4 is 0 Å². The number of esters is 2. The summed E-state index contributed by atoms with van der Waals surface area (Å²) in [5.74, 6) is -0.795. The van der Waals surface area contributed by atoms with Gasteiger partial charge in [-0.2, -0.15) is 0 Å². The zero-order chi connectivity index (χ0) is 10.6. The summed E-state index contributed by atoms with van der Waals surface area (Å²) in [5, 5.41) is 0. The zero-order valence-electron chi connectivity index (χ0n) is 7.79. The van der Waals surface area contributed by atoms with Crippen LogP contribution in [0, 0.1) is 5.92 Å². The summed E-state index contributed by atoms with van der Waals surface area (Å²) in [6.45, 7) is 1.99. The highest BCUT2D eigenvalue weighted by Gasteiger charge is 2.31. The molecule has 0 spiro atoms. The number of hydrogen-bond acceptors (Lipinski definition) is 4. The first kappa shape index (κ1) is 11.2. The van der Waals surface area contributed by atoms with Crippen molar-refractivity contribution in [3.8, 4) is 0 Å². The van der Waals surface area contributed by atoms with Crippen molar-refractivity contribution in [1.29, 1.82) is 0 Å². The van der Waals surface area contributed by atoms with Crippen molar-refractivity contribution in [1.82, 2.24) is 0 Å². The van der Waals surface area contributed by atoms with Gasteiger partial charge in [-0.05, 0) is 35.7 Å². The molecule has 0 aromatic heterocycles. The lowest BCUT2D eigenvalue weighted by atomic mass is 10.4. The van der Waals surface area contributed by atoms with Crippen molar-refractivity contribution in [3.05, 3.63) is 10.7 Å². The van der Waals surface area contributed by atoms with Gasteiger partial charge in [-0.1, -0.05) is 0 Å². The van der Waals surface area contributed by atoms with Gasteiger partial charge >= 0.3 is 11.9 Å². The molecule has 0 radical (unpaired) electrons. The third-order valence-electron chi connectivity index (χ3n) is 1.66. The molecule has 1 rings (SSSR count). The Morgan fingerprint density at radius 1 is 1.50 bits per heavy atom. The van der Waals surface area contributed by atoms with Crippen LogP contribution in [0.15, 0.2) is 10.7 Å². The highest BCUT2D eigenvalue weighted by atomic mass is 79.9. The molecule has 1 saturated carbocycles. The summed E-state index contributed by atoms with van der Waals surface area (Å²) in [7, 11) is 0. The summed E-state index contributed by atoms with van der Waals surface area (Å²) < 4.78 is 9.53. The second-order valence-electron chi connectivity index (χ2n) is 2.90. The maximum absolute atomic E-state index is 11.1. The van der Waals surface area contributed by atoms with Crippen LogP contribution in [-0.4, -0.2) is 18.5 Å². The summed E-state index contributed by atoms with van der Waals surface area (Å²) in [6, 6.07) is 0. The van der Waals surface area contributed by atoms with Gasteiger partial charge in [0.05, 0.1) is 12.5 Å². The third kappa shape index (κ3) is 3.49. The standard InChI is InChI=1S/C9H11BrO4/c1-2-13-9(12)7(10)5-14-8(11)6-3-4-6/h5-6H,2-4H2,1H3/b7-5-. The molecule has 78 valence electrons. The van der Waals surface area contributed by atoms with E-state index in [0.29, 0.717) is 6.61 Å². The molecular formula is C9H11BrO4. The van der Waals surface area contributed by atoms with Crippen LogP contribution in [0.4, 0.5) is 0 Å². The van der Waals surface area contributed by atoms with Crippen LogP contribution in [0.5, 0.6) is 0 Å². The van der Waals surface area contributed by atoms with Crippen molar-refractivity contribution < 1.29 is 19.1 Å². The predicted octanol–water partition coefficient (Wildman–Crippen LogP) is 1.74. The van der Waals surface area contributed by atoms with Crippen LogP contribution in [0.3, 0.4) is 0 Å². The van der Waals surface area contributed by atoms with E-state index >= 15 is 0 Å². The summed E-state index contributed by atoms with van der Waals surface area (Å²) in [5.41, 5.74) is 0. The normalized spacial score (nSPS) is 16.3. The zero-order valence-corrected chi connectivity index (χ0v) is 9.37.